The molecule has 0 spiro atoms. The highest BCUT2D eigenvalue weighted by atomic mass is 16.6. The number of carbonyl (C=O) groups excluding carboxylic acids is 1. The van der Waals surface area contributed by atoms with E-state index in [-0.39, 0.29) is 6.61 Å². The van der Waals surface area contributed by atoms with Gasteiger partial charge < -0.3 is 18.6 Å². The number of para-hydroxylation sites is 2. The van der Waals surface area contributed by atoms with Gasteiger partial charge in [-0.3, -0.25) is 0 Å². The molecule has 0 amide bonds. The van der Waals surface area contributed by atoms with Crippen LogP contribution in [-0.2, 0) is 11.2 Å². The van der Waals surface area contributed by atoms with Gasteiger partial charge in [0.1, 0.15) is 11.3 Å². The van der Waals surface area contributed by atoms with Gasteiger partial charge in [0.15, 0.2) is 18.1 Å². The van der Waals surface area contributed by atoms with Crippen LogP contribution >= 0.6 is 0 Å². The van der Waals surface area contributed by atoms with Crippen molar-refractivity contribution in [2.45, 2.75) is 33.1 Å². The molecule has 0 aliphatic heterocycles. The Morgan fingerprint density at radius 3 is 2.45 bits per heavy atom. The molecule has 0 atom stereocenters. The number of aryl methyl sites for hydroxylation is 1. The SMILES string of the molecule is CCCOc1ccccc1OCC(=O)Oc1ccc2c(CCC)cc(=O)oc2c1. The number of esters is 1. The van der Waals surface area contributed by atoms with Crippen molar-refractivity contribution in [2.24, 2.45) is 0 Å². The van der Waals surface area contributed by atoms with Gasteiger partial charge in [-0.05, 0) is 42.7 Å². The minimum Gasteiger partial charge on any atom is -0.490 e. The zero-order chi connectivity index (χ0) is 20.6. The molecule has 0 saturated carbocycles. The average molecular weight is 396 g/mol. The first-order valence-electron chi connectivity index (χ1n) is 9.72. The first-order valence-corrected chi connectivity index (χ1v) is 9.72. The summed E-state index contributed by atoms with van der Waals surface area (Å²) in [5.74, 6) is 0.782. The molecule has 1 heterocycles. The van der Waals surface area contributed by atoms with Crippen LogP contribution in [-0.4, -0.2) is 19.2 Å². The number of fused-ring (bicyclic) bond motifs is 1. The lowest BCUT2D eigenvalue weighted by Crippen LogP contribution is -2.18. The van der Waals surface area contributed by atoms with Gasteiger partial charge in [-0.15, -0.1) is 0 Å². The third-order valence-electron chi connectivity index (χ3n) is 4.21. The molecule has 0 fully saturated rings. The third kappa shape index (κ3) is 5.38. The van der Waals surface area contributed by atoms with Crippen LogP contribution in [0.25, 0.3) is 11.0 Å². The molecule has 0 aliphatic carbocycles. The Morgan fingerprint density at radius 2 is 1.72 bits per heavy atom. The van der Waals surface area contributed by atoms with E-state index in [4.69, 9.17) is 18.6 Å². The second kappa shape index (κ2) is 9.78. The predicted molar refractivity (Wildman–Crippen MR) is 110 cm³/mol. The van der Waals surface area contributed by atoms with Crippen LogP contribution in [0.5, 0.6) is 17.2 Å². The van der Waals surface area contributed by atoms with Crippen molar-refractivity contribution in [3.8, 4) is 17.2 Å². The molecule has 0 aliphatic rings. The Labute approximate surface area is 169 Å². The monoisotopic (exact) mass is 396 g/mol. The number of hydrogen-bond donors (Lipinski definition) is 0. The van der Waals surface area contributed by atoms with Gasteiger partial charge in [0.25, 0.3) is 0 Å². The smallest absolute Gasteiger partial charge is 0.349 e. The first-order chi connectivity index (χ1) is 14.1. The molecule has 0 saturated heterocycles. The first kappa shape index (κ1) is 20.5. The van der Waals surface area contributed by atoms with Crippen LogP contribution in [0.4, 0.5) is 0 Å². The molecule has 0 unspecified atom stereocenters. The number of ether oxygens (including phenoxy) is 3. The Balaban J connectivity index is 1.68. The molecule has 0 bridgehead atoms. The molecule has 6 nitrogen and oxygen atoms in total. The van der Waals surface area contributed by atoms with E-state index in [1.165, 1.54) is 6.07 Å². The van der Waals surface area contributed by atoms with Gasteiger partial charge in [0.2, 0.25) is 0 Å². The van der Waals surface area contributed by atoms with E-state index in [0.717, 1.165) is 30.2 Å². The number of benzene rings is 2. The van der Waals surface area contributed by atoms with Crippen molar-refractivity contribution in [1.29, 1.82) is 0 Å². The maximum atomic E-state index is 12.2. The fourth-order valence-corrected chi connectivity index (χ4v) is 2.95. The zero-order valence-electron chi connectivity index (χ0n) is 16.6. The predicted octanol–water partition coefficient (Wildman–Crippen LogP) is 4.52. The van der Waals surface area contributed by atoms with Crippen LogP contribution in [0.15, 0.2) is 57.7 Å². The average Bonchev–Trinajstić information content (AvgIpc) is 2.71. The fraction of sp³-hybridized carbons (Fsp3) is 0.304. The lowest BCUT2D eigenvalue weighted by atomic mass is 10.1. The Bertz CT molecular complexity index is 1040. The van der Waals surface area contributed by atoms with E-state index in [9.17, 15) is 9.59 Å². The van der Waals surface area contributed by atoms with E-state index in [1.54, 1.807) is 36.4 Å². The highest BCUT2D eigenvalue weighted by molar-refractivity contribution is 5.83. The summed E-state index contributed by atoms with van der Waals surface area (Å²) in [6.07, 6.45) is 2.55. The molecule has 2 aromatic carbocycles. The van der Waals surface area contributed by atoms with Crippen molar-refractivity contribution in [3.63, 3.8) is 0 Å². The normalized spacial score (nSPS) is 10.7. The Hall–Kier alpha value is -3.28. The van der Waals surface area contributed by atoms with Crippen molar-refractivity contribution < 1.29 is 23.4 Å². The molecule has 29 heavy (non-hydrogen) atoms. The topological polar surface area (TPSA) is 75.0 Å². The van der Waals surface area contributed by atoms with E-state index in [1.807, 2.05) is 19.9 Å². The largest absolute Gasteiger partial charge is 0.490 e. The second-order valence-corrected chi connectivity index (χ2v) is 6.56. The molecule has 0 radical (unpaired) electrons. The summed E-state index contributed by atoms with van der Waals surface area (Å²) in [7, 11) is 0. The van der Waals surface area contributed by atoms with E-state index < -0.39 is 11.6 Å². The summed E-state index contributed by atoms with van der Waals surface area (Å²) in [4.78, 5) is 24.0. The zero-order valence-corrected chi connectivity index (χ0v) is 16.6. The molecule has 0 N–H and O–H groups in total. The van der Waals surface area contributed by atoms with Crippen molar-refractivity contribution in [1.82, 2.24) is 0 Å². The summed E-state index contributed by atoms with van der Waals surface area (Å²) in [5, 5.41) is 0.837. The second-order valence-electron chi connectivity index (χ2n) is 6.56. The number of carbonyl (C=O) groups is 1. The minimum atomic E-state index is -0.568. The van der Waals surface area contributed by atoms with E-state index >= 15 is 0 Å². The molecule has 1 aromatic heterocycles. The van der Waals surface area contributed by atoms with Crippen LogP contribution in [0, 0.1) is 0 Å². The summed E-state index contributed by atoms with van der Waals surface area (Å²) >= 11 is 0. The highest BCUT2D eigenvalue weighted by Gasteiger charge is 2.12. The number of hydrogen-bond acceptors (Lipinski definition) is 6. The fourth-order valence-electron chi connectivity index (χ4n) is 2.95. The van der Waals surface area contributed by atoms with Gasteiger partial charge in [-0.2, -0.15) is 0 Å². The van der Waals surface area contributed by atoms with Crippen LogP contribution in [0.1, 0.15) is 32.3 Å². The van der Waals surface area contributed by atoms with Gasteiger partial charge in [-0.25, -0.2) is 9.59 Å². The van der Waals surface area contributed by atoms with Gasteiger partial charge in [-0.1, -0.05) is 32.4 Å². The van der Waals surface area contributed by atoms with Crippen molar-refractivity contribution in [2.75, 3.05) is 13.2 Å². The third-order valence-corrected chi connectivity index (χ3v) is 4.21. The van der Waals surface area contributed by atoms with Gasteiger partial charge in [0, 0.05) is 17.5 Å². The van der Waals surface area contributed by atoms with Crippen LogP contribution in [0.3, 0.4) is 0 Å². The van der Waals surface area contributed by atoms with Crippen LogP contribution in [0.2, 0.25) is 0 Å². The lowest BCUT2D eigenvalue weighted by Gasteiger charge is -2.12. The summed E-state index contributed by atoms with van der Waals surface area (Å²) in [5.41, 5.74) is 0.894. The Morgan fingerprint density at radius 1 is 0.966 bits per heavy atom. The van der Waals surface area contributed by atoms with Gasteiger partial charge >= 0.3 is 11.6 Å². The maximum absolute atomic E-state index is 12.2. The molecular weight excluding hydrogens is 372 g/mol. The summed E-state index contributed by atoms with van der Waals surface area (Å²) in [6.45, 7) is 4.34. The highest BCUT2D eigenvalue weighted by Crippen LogP contribution is 2.27. The molecule has 3 rings (SSSR count). The molecular formula is C23H24O6. The molecule has 152 valence electrons. The van der Waals surface area contributed by atoms with E-state index in [0.29, 0.717) is 29.4 Å². The molecule has 3 aromatic rings. The van der Waals surface area contributed by atoms with Gasteiger partial charge in [0.05, 0.1) is 6.61 Å². The van der Waals surface area contributed by atoms with Crippen molar-refractivity contribution >= 4 is 16.9 Å². The maximum Gasteiger partial charge on any atom is 0.349 e. The number of rotatable bonds is 9. The minimum absolute atomic E-state index is 0.273. The molecule has 6 heteroatoms. The van der Waals surface area contributed by atoms with E-state index in [2.05, 4.69) is 0 Å². The van der Waals surface area contributed by atoms with Crippen LogP contribution < -0.4 is 19.8 Å². The Kier molecular flexibility index (Phi) is 6.89. The van der Waals surface area contributed by atoms with Crippen molar-refractivity contribution in [3.05, 3.63) is 64.5 Å². The summed E-state index contributed by atoms with van der Waals surface area (Å²) < 4.78 is 21.8. The summed E-state index contributed by atoms with van der Waals surface area (Å²) in [6, 6.07) is 13.7. The quantitative estimate of drug-likeness (QED) is 0.301. The lowest BCUT2D eigenvalue weighted by molar-refractivity contribution is -0.136. The standard InChI is InChI=1S/C23H24O6/c1-3-7-16-13-22(24)29-21-14-17(10-11-18(16)21)28-23(25)15-27-20-9-6-5-8-19(20)26-12-4-2/h5-6,8-11,13-14H,3-4,7,12,15H2,1-2H3.